The molecule has 0 fully saturated rings. The first-order valence-corrected chi connectivity index (χ1v) is 17.9. The van der Waals surface area contributed by atoms with Crippen LogP contribution in [-0.2, 0) is 0 Å². The summed E-state index contributed by atoms with van der Waals surface area (Å²) in [6, 6.07) is 61.2. The molecule has 0 amide bonds. The molecule has 11 rings (SSSR count). The Bertz CT molecular complexity index is 3200. The molecule has 4 aromatic heterocycles. The Morgan fingerprint density at radius 2 is 0.887 bits per heavy atom. The zero-order valence-electron chi connectivity index (χ0n) is 28.5. The lowest BCUT2D eigenvalue weighted by Crippen LogP contribution is -1.91. The Morgan fingerprint density at radius 1 is 0.340 bits per heavy atom. The highest BCUT2D eigenvalue weighted by molar-refractivity contribution is 6.25. The predicted octanol–water partition coefficient (Wildman–Crippen LogP) is 13.1. The largest absolute Gasteiger partial charge is 0.455 e. The molecule has 4 nitrogen and oxygen atoms in total. The summed E-state index contributed by atoms with van der Waals surface area (Å²) in [7, 11) is 0. The lowest BCUT2D eigenvalue weighted by atomic mass is 9.97. The lowest BCUT2D eigenvalue weighted by Gasteiger charge is -2.10. The summed E-state index contributed by atoms with van der Waals surface area (Å²) in [4.78, 5) is 15.4. The highest BCUT2D eigenvalue weighted by Crippen LogP contribution is 2.43. The minimum absolute atomic E-state index is 0.875. The van der Waals surface area contributed by atoms with Gasteiger partial charge in [-0.3, -0.25) is 0 Å². The molecule has 0 N–H and O–H groups in total. The Kier molecular flexibility index (Phi) is 6.52. The second kappa shape index (κ2) is 11.7. The van der Waals surface area contributed by atoms with E-state index in [1.165, 1.54) is 0 Å². The molecule has 7 aromatic carbocycles. The van der Waals surface area contributed by atoms with Crippen molar-refractivity contribution in [3.8, 4) is 44.9 Å². The van der Waals surface area contributed by atoms with Gasteiger partial charge in [0.15, 0.2) is 0 Å². The Labute approximate surface area is 304 Å². The van der Waals surface area contributed by atoms with E-state index >= 15 is 0 Å². The first-order chi connectivity index (χ1) is 26.3. The average Bonchev–Trinajstić information content (AvgIpc) is 3.63. The molecule has 0 unspecified atom stereocenters. The molecule has 4 heterocycles. The summed E-state index contributed by atoms with van der Waals surface area (Å²) in [6.45, 7) is 0. The SMILES string of the molecule is c1ccc(-c2ccc3ccc4ccc(-c5ccc(-c6cccc7c6oc6c7ccc7c(-c8ccccc8)nc8ccccc8c76)cc5)nc4c3n2)cc1. The smallest absolute Gasteiger partial charge is 0.144 e. The van der Waals surface area contributed by atoms with Crippen molar-refractivity contribution in [3.63, 3.8) is 0 Å². The summed E-state index contributed by atoms with van der Waals surface area (Å²) in [5, 5.41) is 7.58. The van der Waals surface area contributed by atoms with Crippen LogP contribution in [0.2, 0.25) is 0 Å². The summed E-state index contributed by atoms with van der Waals surface area (Å²) in [5.41, 5.74) is 12.7. The molecule has 53 heavy (non-hydrogen) atoms. The molecule has 0 atom stereocenters. The fourth-order valence-electron chi connectivity index (χ4n) is 7.85. The number of furan rings is 1. The van der Waals surface area contributed by atoms with Crippen molar-refractivity contribution >= 4 is 65.4 Å². The van der Waals surface area contributed by atoms with E-state index in [2.05, 4.69) is 146 Å². The van der Waals surface area contributed by atoms with E-state index in [0.717, 1.165) is 110 Å². The molecule has 0 aliphatic carbocycles. The summed E-state index contributed by atoms with van der Waals surface area (Å²) in [5.74, 6) is 0. The molecular formula is C49H29N3O. The van der Waals surface area contributed by atoms with Gasteiger partial charge in [-0.05, 0) is 29.8 Å². The van der Waals surface area contributed by atoms with Crippen molar-refractivity contribution in [1.82, 2.24) is 15.0 Å². The molecule has 0 aliphatic heterocycles. The number of para-hydroxylation sites is 2. The van der Waals surface area contributed by atoms with E-state index in [4.69, 9.17) is 19.4 Å². The topological polar surface area (TPSA) is 51.8 Å². The molecule has 11 aromatic rings. The van der Waals surface area contributed by atoms with Gasteiger partial charge in [-0.25, -0.2) is 15.0 Å². The second-order valence-corrected chi connectivity index (χ2v) is 13.5. The van der Waals surface area contributed by atoms with Crippen LogP contribution < -0.4 is 0 Å². The fraction of sp³-hybridized carbons (Fsp3) is 0. The van der Waals surface area contributed by atoms with Crippen LogP contribution >= 0.6 is 0 Å². The Hall–Kier alpha value is -7.17. The zero-order chi connectivity index (χ0) is 34.9. The molecule has 0 saturated heterocycles. The minimum Gasteiger partial charge on any atom is -0.455 e. The molecular weight excluding hydrogens is 647 g/mol. The quantitative estimate of drug-likeness (QED) is 0.174. The highest BCUT2D eigenvalue weighted by Gasteiger charge is 2.19. The number of hydrogen-bond acceptors (Lipinski definition) is 4. The third kappa shape index (κ3) is 4.73. The van der Waals surface area contributed by atoms with E-state index in [0.29, 0.717) is 0 Å². The molecule has 4 heteroatoms. The van der Waals surface area contributed by atoms with Crippen LogP contribution in [0.15, 0.2) is 180 Å². The molecule has 0 aliphatic rings. The summed E-state index contributed by atoms with van der Waals surface area (Å²) >= 11 is 0. The number of aromatic nitrogens is 3. The van der Waals surface area contributed by atoms with Gasteiger partial charge in [-0.1, -0.05) is 152 Å². The van der Waals surface area contributed by atoms with E-state index in [1.54, 1.807) is 0 Å². The maximum absolute atomic E-state index is 6.95. The first-order valence-electron chi connectivity index (χ1n) is 17.9. The van der Waals surface area contributed by atoms with Crippen molar-refractivity contribution < 1.29 is 4.42 Å². The van der Waals surface area contributed by atoms with E-state index in [1.807, 2.05) is 30.3 Å². The van der Waals surface area contributed by atoms with Gasteiger partial charge in [0, 0.05) is 60.0 Å². The highest BCUT2D eigenvalue weighted by atomic mass is 16.3. The van der Waals surface area contributed by atoms with Crippen LogP contribution in [-0.4, -0.2) is 15.0 Å². The maximum atomic E-state index is 6.95. The third-order valence-electron chi connectivity index (χ3n) is 10.5. The number of benzene rings is 7. The average molecular weight is 676 g/mol. The van der Waals surface area contributed by atoms with E-state index in [9.17, 15) is 0 Å². The zero-order valence-corrected chi connectivity index (χ0v) is 28.5. The number of fused-ring (bicyclic) bond motifs is 10. The molecule has 0 saturated carbocycles. The molecule has 0 spiro atoms. The van der Waals surface area contributed by atoms with Crippen molar-refractivity contribution in [2.45, 2.75) is 0 Å². The van der Waals surface area contributed by atoms with Crippen LogP contribution in [0.4, 0.5) is 0 Å². The van der Waals surface area contributed by atoms with Crippen molar-refractivity contribution in [1.29, 1.82) is 0 Å². The van der Waals surface area contributed by atoms with Crippen LogP contribution in [0.3, 0.4) is 0 Å². The summed E-state index contributed by atoms with van der Waals surface area (Å²) < 4.78 is 6.95. The van der Waals surface area contributed by atoms with Gasteiger partial charge in [0.2, 0.25) is 0 Å². The summed E-state index contributed by atoms with van der Waals surface area (Å²) in [6.07, 6.45) is 0. The van der Waals surface area contributed by atoms with Gasteiger partial charge in [0.25, 0.3) is 0 Å². The maximum Gasteiger partial charge on any atom is 0.144 e. The fourth-order valence-corrected chi connectivity index (χ4v) is 7.85. The van der Waals surface area contributed by atoms with Gasteiger partial charge in [-0.15, -0.1) is 0 Å². The minimum atomic E-state index is 0.875. The number of hydrogen-bond donors (Lipinski definition) is 0. The molecule has 246 valence electrons. The standard InChI is InChI=1S/C49H29N3O/c1-3-10-31(11-4-1)41-28-24-34-22-23-35-25-29-42(51-47(35)46(34)50-41)32-20-18-30(19-21-32)36-15-9-16-37-38-26-27-40-44(49(38)53-48(36)37)39-14-7-8-17-43(39)52-45(40)33-12-5-2-6-13-33/h1-29H. The molecule has 0 bridgehead atoms. The van der Waals surface area contributed by atoms with Gasteiger partial charge in [-0.2, -0.15) is 0 Å². The molecule has 0 radical (unpaired) electrons. The lowest BCUT2D eigenvalue weighted by molar-refractivity contribution is 0.674. The normalized spacial score (nSPS) is 11.8. The van der Waals surface area contributed by atoms with Gasteiger partial charge < -0.3 is 4.42 Å². The van der Waals surface area contributed by atoms with Gasteiger partial charge >= 0.3 is 0 Å². The third-order valence-corrected chi connectivity index (χ3v) is 10.5. The second-order valence-electron chi connectivity index (χ2n) is 13.5. The van der Waals surface area contributed by atoms with Gasteiger partial charge in [0.1, 0.15) is 11.2 Å². The Morgan fingerprint density at radius 3 is 1.60 bits per heavy atom. The Balaban J connectivity index is 1.04. The van der Waals surface area contributed by atoms with E-state index in [-0.39, 0.29) is 0 Å². The van der Waals surface area contributed by atoms with Gasteiger partial charge in [0.05, 0.1) is 33.6 Å². The van der Waals surface area contributed by atoms with Crippen molar-refractivity contribution in [2.75, 3.05) is 0 Å². The van der Waals surface area contributed by atoms with E-state index < -0.39 is 0 Å². The van der Waals surface area contributed by atoms with Crippen molar-refractivity contribution in [2.24, 2.45) is 0 Å². The number of pyridine rings is 3. The van der Waals surface area contributed by atoms with Crippen LogP contribution in [0.1, 0.15) is 0 Å². The van der Waals surface area contributed by atoms with Crippen LogP contribution in [0.5, 0.6) is 0 Å². The van der Waals surface area contributed by atoms with Crippen molar-refractivity contribution in [3.05, 3.63) is 176 Å². The number of nitrogens with zero attached hydrogens (tertiary/aromatic N) is 3. The first kappa shape index (κ1) is 29.5. The predicted molar refractivity (Wildman–Crippen MR) is 219 cm³/mol. The monoisotopic (exact) mass is 675 g/mol. The van der Waals surface area contributed by atoms with Crippen LogP contribution in [0.25, 0.3) is 110 Å². The number of rotatable bonds is 4. The van der Waals surface area contributed by atoms with Crippen LogP contribution in [0, 0.1) is 0 Å².